The minimum absolute atomic E-state index is 0.0524. The molecule has 0 spiro atoms. The van der Waals surface area contributed by atoms with Crippen LogP contribution in [0.25, 0.3) is 0 Å². The normalized spacial score (nSPS) is 15.5. The number of hydrogen-bond acceptors (Lipinski definition) is 3. The predicted molar refractivity (Wildman–Crippen MR) is 49.2 cm³/mol. The average Bonchev–Trinajstić information content (AvgIpc) is 2.02. The Labute approximate surface area is 78.1 Å². The zero-order valence-electron chi connectivity index (χ0n) is 8.28. The van der Waals surface area contributed by atoms with E-state index in [1.54, 1.807) is 20.8 Å². The molecular weight excluding hydrogens is 170 g/mol. The van der Waals surface area contributed by atoms with Gasteiger partial charge >= 0.3 is 5.97 Å². The first-order valence-electron chi connectivity index (χ1n) is 4.37. The molecule has 0 radical (unpaired) electrons. The van der Waals surface area contributed by atoms with Gasteiger partial charge in [-0.15, -0.1) is 0 Å². The molecule has 4 nitrogen and oxygen atoms in total. The predicted octanol–water partition coefficient (Wildman–Crippen LogP) is 0.650. The van der Waals surface area contributed by atoms with Crippen LogP contribution < -0.4 is 5.73 Å². The summed E-state index contributed by atoms with van der Waals surface area (Å²) >= 11 is 0. The lowest BCUT2D eigenvalue weighted by atomic mass is 9.93. The molecule has 0 saturated heterocycles. The molecule has 0 bridgehead atoms. The van der Waals surface area contributed by atoms with Gasteiger partial charge < -0.3 is 10.8 Å². The number of carboxylic acid groups (broad SMARTS) is 1. The van der Waals surface area contributed by atoms with E-state index in [2.05, 4.69) is 0 Å². The van der Waals surface area contributed by atoms with Crippen LogP contribution in [-0.2, 0) is 9.59 Å². The first kappa shape index (κ1) is 12.1. The van der Waals surface area contributed by atoms with Gasteiger partial charge in [-0.2, -0.15) is 0 Å². The number of carbonyl (C=O) groups is 2. The van der Waals surface area contributed by atoms with Crippen molar-refractivity contribution in [2.75, 3.05) is 0 Å². The highest BCUT2D eigenvalue weighted by Crippen LogP contribution is 2.11. The van der Waals surface area contributed by atoms with Crippen molar-refractivity contribution in [1.29, 1.82) is 0 Å². The summed E-state index contributed by atoms with van der Waals surface area (Å²) in [5.41, 5.74) is 5.36. The maximum absolute atomic E-state index is 11.2. The van der Waals surface area contributed by atoms with Crippen molar-refractivity contribution in [1.82, 2.24) is 0 Å². The Morgan fingerprint density at radius 3 is 2.08 bits per heavy atom. The number of carboxylic acids is 1. The summed E-state index contributed by atoms with van der Waals surface area (Å²) in [6.45, 7) is 5.27. The first-order valence-corrected chi connectivity index (χ1v) is 4.37. The van der Waals surface area contributed by atoms with E-state index in [1.165, 1.54) is 0 Å². The fraction of sp³-hybridized carbons (Fsp3) is 0.778. The summed E-state index contributed by atoms with van der Waals surface area (Å²) in [5.74, 6) is -1.34. The maximum Gasteiger partial charge on any atom is 0.320 e. The van der Waals surface area contributed by atoms with Crippen LogP contribution in [0.3, 0.4) is 0 Å². The van der Waals surface area contributed by atoms with Gasteiger partial charge in [-0.3, -0.25) is 9.59 Å². The lowest BCUT2D eigenvalue weighted by Crippen LogP contribution is -2.37. The van der Waals surface area contributed by atoms with Crippen molar-refractivity contribution in [3.63, 3.8) is 0 Å². The number of rotatable bonds is 5. The molecule has 0 aromatic heterocycles. The molecule has 0 amide bonds. The fourth-order valence-electron chi connectivity index (χ4n) is 0.923. The minimum Gasteiger partial charge on any atom is -0.480 e. The molecular formula is C9H17NO3. The smallest absolute Gasteiger partial charge is 0.320 e. The summed E-state index contributed by atoms with van der Waals surface area (Å²) < 4.78 is 0. The summed E-state index contributed by atoms with van der Waals surface area (Å²) in [4.78, 5) is 21.7. The molecule has 0 aliphatic carbocycles. The highest BCUT2D eigenvalue weighted by atomic mass is 16.4. The van der Waals surface area contributed by atoms with Crippen molar-refractivity contribution >= 4 is 11.8 Å². The van der Waals surface area contributed by atoms with E-state index in [0.717, 1.165) is 0 Å². The van der Waals surface area contributed by atoms with Crippen LogP contribution in [0, 0.1) is 11.8 Å². The van der Waals surface area contributed by atoms with Crippen molar-refractivity contribution in [2.45, 2.75) is 33.2 Å². The van der Waals surface area contributed by atoms with Gasteiger partial charge in [0, 0.05) is 12.3 Å². The van der Waals surface area contributed by atoms with Crippen molar-refractivity contribution in [3.8, 4) is 0 Å². The van der Waals surface area contributed by atoms with Crippen molar-refractivity contribution in [2.24, 2.45) is 17.6 Å². The molecule has 0 aromatic carbocycles. The first-order chi connectivity index (χ1) is 5.86. The van der Waals surface area contributed by atoms with Crippen LogP contribution in [0.5, 0.6) is 0 Å². The number of nitrogens with two attached hydrogens (primary N) is 1. The lowest BCUT2D eigenvalue weighted by Gasteiger charge is -2.15. The standard InChI is InChI=1S/C9H17NO3/c1-5(2)7(11)4-6(3)8(10)9(12)13/h5-6,8H,4,10H2,1-3H3,(H,12,13)/t6?,8-/m0/s1. The number of Topliss-reactive ketones (excluding diaryl/α,β-unsaturated/α-hetero) is 1. The van der Waals surface area contributed by atoms with E-state index in [1.807, 2.05) is 0 Å². The summed E-state index contributed by atoms with van der Waals surface area (Å²) in [6, 6.07) is -0.942. The van der Waals surface area contributed by atoms with Crippen LogP contribution >= 0.6 is 0 Å². The Kier molecular flexibility index (Phi) is 4.62. The molecule has 1 unspecified atom stereocenters. The van der Waals surface area contributed by atoms with E-state index in [0.29, 0.717) is 0 Å². The van der Waals surface area contributed by atoms with E-state index >= 15 is 0 Å². The van der Waals surface area contributed by atoms with Crippen molar-refractivity contribution in [3.05, 3.63) is 0 Å². The zero-order valence-corrected chi connectivity index (χ0v) is 8.28. The number of ketones is 1. The zero-order chi connectivity index (χ0) is 10.6. The van der Waals surface area contributed by atoms with Gasteiger partial charge in [0.25, 0.3) is 0 Å². The molecule has 13 heavy (non-hydrogen) atoms. The van der Waals surface area contributed by atoms with Crippen LogP contribution in [0.15, 0.2) is 0 Å². The molecule has 0 aliphatic rings. The third kappa shape index (κ3) is 4.03. The van der Waals surface area contributed by atoms with Crippen LogP contribution in [0.4, 0.5) is 0 Å². The second-order valence-corrected chi connectivity index (χ2v) is 3.67. The van der Waals surface area contributed by atoms with E-state index in [9.17, 15) is 9.59 Å². The highest BCUT2D eigenvalue weighted by molar-refractivity contribution is 5.82. The number of carbonyl (C=O) groups excluding carboxylic acids is 1. The topological polar surface area (TPSA) is 80.4 Å². The van der Waals surface area contributed by atoms with Gasteiger partial charge in [-0.05, 0) is 5.92 Å². The van der Waals surface area contributed by atoms with Gasteiger partial charge in [0.2, 0.25) is 0 Å². The van der Waals surface area contributed by atoms with Gasteiger partial charge in [0.05, 0.1) is 0 Å². The summed E-state index contributed by atoms with van der Waals surface area (Å²) in [5, 5.41) is 8.57. The van der Waals surface area contributed by atoms with Gasteiger partial charge in [0.15, 0.2) is 0 Å². The second-order valence-electron chi connectivity index (χ2n) is 3.67. The Morgan fingerprint density at radius 1 is 1.31 bits per heavy atom. The largest absolute Gasteiger partial charge is 0.480 e. The van der Waals surface area contributed by atoms with Crippen LogP contribution in [-0.4, -0.2) is 22.9 Å². The minimum atomic E-state index is -1.05. The molecule has 0 saturated carbocycles. The molecule has 76 valence electrons. The summed E-state index contributed by atoms with van der Waals surface area (Å²) in [6.07, 6.45) is 0.241. The third-order valence-corrected chi connectivity index (χ3v) is 2.07. The Balaban J connectivity index is 4.07. The van der Waals surface area contributed by atoms with Gasteiger partial charge in [-0.1, -0.05) is 20.8 Å². The van der Waals surface area contributed by atoms with E-state index < -0.39 is 12.0 Å². The molecule has 0 heterocycles. The Hall–Kier alpha value is -0.900. The molecule has 4 heteroatoms. The van der Waals surface area contributed by atoms with Crippen molar-refractivity contribution < 1.29 is 14.7 Å². The fourth-order valence-corrected chi connectivity index (χ4v) is 0.923. The molecule has 3 N–H and O–H groups in total. The average molecular weight is 187 g/mol. The SMILES string of the molecule is CC(C)C(=O)CC(C)[C@H](N)C(=O)O. The van der Waals surface area contributed by atoms with Crippen LogP contribution in [0.2, 0.25) is 0 Å². The van der Waals surface area contributed by atoms with Gasteiger partial charge in [0.1, 0.15) is 11.8 Å². The number of aliphatic carboxylic acids is 1. The maximum atomic E-state index is 11.2. The van der Waals surface area contributed by atoms with E-state index in [4.69, 9.17) is 10.8 Å². The van der Waals surface area contributed by atoms with Crippen LogP contribution in [0.1, 0.15) is 27.2 Å². The van der Waals surface area contributed by atoms with E-state index in [-0.39, 0.29) is 24.0 Å². The molecule has 0 aromatic rings. The molecule has 0 fully saturated rings. The number of hydrogen-bond donors (Lipinski definition) is 2. The Morgan fingerprint density at radius 2 is 1.77 bits per heavy atom. The quantitative estimate of drug-likeness (QED) is 0.662. The van der Waals surface area contributed by atoms with Gasteiger partial charge in [-0.25, -0.2) is 0 Å². The Bertz CT molecular complexity index is 201. The summed E-state index contributed by atoms with van der Waals surface area (Å²) in [7, 11) is 0. The molecule has 2 atom stereocenters. The monoisotopic (exact) mass is 187 g/mol. The third-order valence-electron chi connectivity index (χ3n) is 2.07. The lowest BCUT2D eigenvalue weighted by molar-refractivity contribution is -0.140. The molecule has 0 aliphatic heterocycles. The molecule has 0 rings (SSSR count). The second kappa shape index (κ2) is 4.97. The highest BCUT2D eigenvalue weighted by Gasteiger charge is 2.23.